The molecule has 1 aliphatic rings. The predicted octanol–water partition coefficient (Wildman–Crippen LogP) is 1.51. The first kappa shape index (κ1) is 12.2. The quantitative estimate of drug-likeness (QED) is 0.902. The van der Waals surface area contributed by atoms with Crippen LogP contribution in [0.3, 0.4) is 0 Å². The van der Waals surface area contributed by atoms with Gasteiger partial charge in [0.05, 0.1) is 6.54 Å². The number of hydrogen-bond donors (Lipinski definition) is 1. The van der Waals surface area contributed by atoms with Gasteiger partial charge in [-0.3, -0.25) is 4.90 Å². The highest BCUT2D eigenvalue weighted by molar-refractivity contribution is 5.44. The third kappa shape index (κ3) is 2.93. The van der Waals surface area contributed by atoms with E-state index in [0.29, 0.717) is 0 Å². The molecule has 1 aliphatic heterocycles. The van der Waals surface area contributed by atoms with Gasteiger partial charge < -0.3 is 9.88 Å². The molecular formula is C14H19N5. The molecule has 5 nitrogen and oxygen atoms in total. The summed E-state index contributed by atoms with van der Waals surface area (Å²) in [5.74, 6) is 1.07. The molecule has 0 atom stereocenters. The summed E-state index contributed by atoms with van der Waals surface area (Å²) < 4.78 is 2.13. The van der Waals surface area contributed by atoms with Crippen molar-refractivity contribution in [2.45, 2.75) is 20.0 Å². The van der Waals surface area contributed by atoms with Gasteiger partial charge in [0.15, 0.2) is 0 Å². The zero-order valence-electron chi connectivity index (χ0n) is 11.2. The number of aryl methyl sites for hydroxylation is 1. The maximum absolute atomic E-state index is 4.13. The number of hydrogen-bond acceptors (Lipinski definition) is 4. The molecule has 0 spiro atoms. The molecule has 0 aliphatic carbocycles. The van der Waals surface area contributed by atoms with Gasteiger partial charge in [0, 0.05) is 31.9 Å². The molecule has 0 amide bonds. The lowest BCUT2D eigenvalue weighted by Gasteiger charge is -2.26. The number of anilines is 1. The van der Waals surface area contributed by atoms with Crippen molar-refractivity contribution in [3.05, 3.63) is 42.0 Å². The molecule has 2 heterocycles. The molecule has 0 radical (unpaired) electrons. The first-order chi connectivity index (χ1) is 9.31. The fraction of sp³-hybridized carbons (Fsp3) is 0.429. The van der Waals surface area contributed by atoms with Crippen LogP contribution >= 0.6 is 0 Å². The van der Waals surface area contributed by atoms with Gasteiger partial charge in [0.1, 0.15) is 12.2 Å². The van der Waals surface area contributed by atoms with E-state index in [-0.39, 0.29) is 0 Å². The maximum atomic E-state index is 4.13. The highest BCUT2D eigenvalue weighted by atomic mass is 15.3. The molecule has 3 rings (SSSR count). The van der Waals surface area contributed by atoms with Gasteiger partial charge >= 0.3 is 0 Å². The monoisotopic (exact) mass is 257 g/mol. The molecule has 100 valence electrons. The van der Waals surface area contributed by atoms with Crippen LogP contribution < -0.4 is 5.32 Å². The van der Waals surface area contributed by atoms with Gasteiger partial charge in [0.25, 0.3) is 0 Å². The zero-order valence-corrected chi connectivity index (χ0v) is 11.2. The molecule has 1 N–H and O–H groups in total. The van der Waals surface area contributed by atoms with Gasteiger partial charge in [-0.05, 0) is 19.1 Å². The summed E-state index contributed by atoms with van der Waals surface area (Å²) in [4.78, 5) is 2.41. The number of nitrogens with one attached hydrogen (secondary N) is 1. The minimum absolute atomic E-state index is 0.898. The molecule has 0 bridgehead atoms. The Morgan fingerprint density at radius 2 is 2.05 bits per heavy atom. The van der Waals surface area contributed by atoms with Crippen LogP contribution in [-0.2, 0) is 13.1 Å². The number of fused-ring (bicyclic) bond motifs is 1. The van der Waals surface area contributed by atoms with E-state index in [4.69, 9.17) is 0 Å². The molecule has 0 saturated heterocycles. The van der Waals surface area contributed by atoms with Crippen LogP contribution in [0.5, 0.6) is 0 Å². The molecule has 2 aromatic rings. The summed E-state index contributed by atoms with van der Waals surface area (Å²) in [5.41, 5.74) is 2.48. The summed E-state index contributed by atoms with van der Waals surface area (Å²) >= 11 is 0. The van der Waals surface area contributed by atoms with Crippen molar-refractivity contribution in [2.24, 2.45) is 0 Å². The standard InChI is InChI=1S/C14H19N5/c1-12-2-4-13(5-3-12)15-6-7-18-8-9-19-11-16-17-14(19)10-18/h2-5,11,15H,6-10H2,1H3. The summed E-state index contributed by atoms with van der Waals surface area (Å²) in [7, 11) is 0. The van der Waals surface area contributed by atoms with Crippen molar-refractivity contribution in [3.8, 4) is 0 Å². The molecular weight excluding hydrogens is 238 g/mol. The third-order valence-corrected chi connectivity index (χ3v) is 3.53. The zero-order chi connectivity index (χ0) is 13.1. The van der Waals surface area contributed by atoms with Gasteiger partial charge in [-0.1, -0.05) is 17.7 Å². The fourth-order valence-corrected chi connectivity index (χ4v) is 2.34. The number of aromatic nitrogens is 3. The topological polar surface area (TPSA) is 46.0 Å². The Morgan fingerprint density at radius 3 is 2.89 bits per heavy atom. The van der Waals surface area contributed by atoms with Crippen LogP contribution in [0.25, 0.3) is 0 Å². The second-order valence-corrected chi connectivity index (χ2v) is 5.01. The lowest BCUT2D eigenvalue weighted by atomic mass is 10.2. The van der Waals surface area contributed by atoms with Crippen LogP contribution in [-0.4, -0.2) is 39.3 Å². The second-order valence-electron chi connectivity index (χ2n) is 5.01. The summed E-state index contributed by atoms with van der Waals surface area (Å²) in [5, 5.41) is 11.5. The Morgan fingerprint density at radius 1 is 1.21 bits per heavy atom. The molecule has 1 aromatic heterocycles. The second kappa shape index (κ2) is 5.40. The Kier molecular flexibility index (Phi) is 3.46. The van der Waals surface area contributed by atoms with E-state index in [1.54, 1.807) is 0 Å². The first-order valence-corrected chi connectivity index (χ1v) is 6.71. The van der Waals surface area contributed by atoms with Crippen LogP contribution in [0.4, 0.5) is 5.69 Å². The molecule has 5 heteroatoms. The lowest BCUT2D eigenvalue weighted by Crippen LogP contribution is -2.36. The van der Waals surface area contributed by atoms with E-state index in [9.17, 15) is 0 Å². The Hall–Kier alpha value is -1.88. The van der Waals surface area contributed by atoms with E-state index in [1.165, 1.54) is 11.3 Å². The van der Waals surface area contributed by atoms with Crippen molar-refractivity contribution >= 4 is 5.69 Å². The highest BCUT2D eigenvalue weighted by Crippen LogP contribution is 2.10. The molecule has 1 aromatic carbocycles. The van der Waals surface area contributed by atoms with E-state index in [2.05, 4.69) is 56.2 Å². The molecule has 19 heavy (non-hydrogen) atoms. The summed E-state index contributed by atoms with van der Waals surface area (Å²) in [6, 6.07) is 8.52. The van der Waals surface area contributed by atoms with Crippen molar-refractivity contribution in [1.29, 1.82) is 0 Å². The van der Waals surface area contributed by atoms with Crippen LogP contribution in [0.2, 0.25) is 0 Å². The van der Waals surface area contributed by atoms with E-state index in [1.807, 2.05) is 6.33 Å². The largest absolute Gasteiger partial charge is 0.384 e. The van der Waals surface area contributed by atoms with Crippen molar-refractivity contribution in [2.75, 3.05) is 25.0 Å². The van der Waals surface area contributed by atoms with Gasteiger partial charge in [0.2, 0.25) is 0 Å². The summed E-state index contributed by atoms with van der Waals surface area (Å²) in [6.07, 6.45) is 1.82. The number of rotatable bonds is 4. The molecule has 0 unspecified atom stereocenters. The third-order valence-electron chi connectivity index (χ3n) is 3.53. The van der Waals surface area contributed by atoms with E-state index >= 15 is 0 Å². The van der Waals surface area contributed by atoms with Gasteiger partial charge in [-0.25, -0.2) is 0 Å². The average Bonchev–Trinajstić information content (AvgIpc) is 2.88. The Bertz CT molecular complexity index is 531. The SMILES string of the molecule is Cc1ccc(NCCN2CCn3cnnc3C2)cc1. The Balaban J connectivity index is 1.47. The normalized spacial score (nSPS) is 15.2. The van der Waals surface area contributed by atoms with Crippen LogP contribution in [0, 0.1) is 6.92 Å². The molecule has 0 saturated carbocycles. The maximum Gasteiger partial charge on any atom is 0.147 e. The van der Waals surface area contributed by atoms with Gasteiger partial charge in [-0.15, -0.1) is 10.2 Å². The van der Waals surface area contributed by atoms with Crippen molar-refractivity contribution < 1.29 is 0 Å². The van der Waals surface area contributed by atoms with Crippen LogP contribution in [0.1, 0.15) is 11.4 Å². The number of nitrogens with zero attached hydrogens (tertiary/aromatic N) is 4. The minimum atomic E-state index is 0.898. The van der Waals surface area contributed by atoms with E-state index in [0.717, 1.165) is 38.5 Å². The first-order valence-electron chi connectivity index (χ1n) is 6.71. The number of benzene rings is 1. The average molecular weight is 257 g/mol. The van der Waals surface area contributed by atoms with Crippen molar-refractivity contribution in [1.82, 2.24) is 19.7 Å². The predicted molar refractivity (Wildman–Crippen MR) is 75.0 cm³/mol. The Labute approximate surface area is 113 Å². The van der Waals surface area contributed by atoms with Crippen molar-refractivity contribution in [3.63, 3.8) is 0 Å². The highest BCUT2D eigenvalue weighted by Gasteiger charge is 2.16. The van der Waals surface area contributed by atoms with Gasteiger partial charge in [-0.2, -0.15) is 0 Å². The smallest absolute Gasteiger partial charge is 0.147 e. The fourth-order valence-electron chi connectivity index (χ4n) is 2.34. The minimum Gasteiger partial charge on any atom is -0.384 e. The van der Waals surface area contributed by atoms with Crippen LogP contribution in [0.15, 0.2) is 30.6 Å². The summed E-state index contributed by atoms with van der Waals surface area (Å²) in [6.45, 7) is 7.05. The van der Waals surface area contributed by atoms with E-state index < -0.39 is 0 Å². The lowest BCUT2D eigenvalue weighted by molar-refractivity contribution is 0.225. The molecule has 0 fully saturated rings.